The molecule has 61 heavy (non-hydrogen) atoms. The van der Waals surface area contributed by atoms with Gasteiger partial charge in [-0.3, -0.25) is 14.4 Å². The van der Waals surface area contributed by atoms with Crippen molar-refractivity contribution < 1.29 is 28.6 Å². The third-order valence-corrected chi connectivity index (χ3v) is 10.8. The highest BCUT2D eigenvalue weighted by molar-refractivity contribution is 5.71. The molecule has 0 aromatic heterocycles. The van der Waals surface area contributed by atoms with Gasteiger partial charge < -0.3 is 14.2 Å². The maximum atomic E-state index is 12.8. The van der Waals surface area contributed by atoms with E-state index in [9.17, 15) is 14.4 Å². The Morgan fingerprint density at radius 1 is 0.344 bits per heavy atom. The number of esters is 3. The fourth-order valence-electron chi connectivity index (χ4n) is 6.99. The van der Waals surface area contributed by atoms with Gasteiger partial charge in [0.05, 0.1) is 0 Å². The minimum absolute atomic E-state index is 0.0938. The summed E-state index contributed by atoms with van der Waals surface area (Å²) in [6, 6.07) is 0. The summed E-state index contributed by atoms with van der Waals surface area (Å²) in [6.45, 7) is 6.43. The molecule has 1 unspecified atom stereocenters. The number of carbonyl (C=O) groups is 3. The first kappa shape index (κ1) is 57.9. The Kier molecular flexibility index (Phi) is 46.9. The number of hydrogen-bond acceptors (Lipinski definition) is 6. The van der Waals surface area contributed by atoms with Crippen molar-refractivity contribution in [2.24, 2.45) is 0 Å². The van der Waals surface area contributed by atoms with Crippen molar-refractivity contribution in [3.63, 3.8) is 0 Å². The molecule has 0 aromatic carbocycles. The molecule has 0 amide bonds. The van der Waals surface area contributed by atoms with Gasteiger partial charge in [-0.25, -0.2) is 0 Å². The molecular formula is C55H94O6. The molecule has 0 aliphatic rings. The Morgan fingerprint density at radius 2 is 0.656 bits per heavy atom. The summed E-state index contributed by atoms with van der Waals surface area (Å²) in [5, 5.41) is 0. The number of rotatable bonds is 45. The predicted molar refractivity (Wildman–Crippen MR) is 261 cm³/mol. The van der Waals surface area contributed by atoms with Crippen LogP contribution in [0.15, 0.2) is 72.9 Å². The summed E-state index contributed by atoms with van der Waals surface area (Å²) < 4.78 is 16.7. The maximum Gasteiger partial charge on any atom is 0.306 e. The second-order valence-corrected chi connectivity index (χ2v) is 16.8. The Morgan fingerprint density at radius 3 is 1.10 bits per heavy atom. The van der Waals surface area contributed by atoms with E-state index in [2.05, 4.69) is 45.1 Å². The Hall–Kier alpha value is -3.15. The Balaban J connectivity index is 4.44. The van der Waals surface area contributed by atoms with E-state index in [1.807, 2.05) is 48.6 Å². The first-order valence-electron chi connectivity index (χ1n) is 25.5. The van der Waals surface area contributed by atoms with Gasteiger partial charge in [0.15, 0.2) is 6.10 Å². The third-order valence-electron chi connectivity index (χ3n) is 10.8. The summed E-state index contributed by atoms with van der Waals surface area (Å²) in [4.78, 5) is 37.9. The van der Waals surface area contributed by atoms with E-state index >= 15 is 0 Å². The molecular weight excluding hydrogens is 757 g/mol. The lowest BCUT2D eigenvalue weighted by atomic mass is 10.0. The van der Waals surface area contributed by atoms with Crippen LogP contribution in [0.2, 0.25) is 0 Å². The van der Waals surface area contributed by atoms with Gasteiger partial charge in [-0.1, -0.05) is 229 Å². The van der Waals surface area contributed by atoms with Crippen molar-refractivity contribution >= 4 is 17.9 Å². The number of allylic oxidation sites excluding steroid dienone is 12. The number of carbonyl (C=O) groups excluding carboxylic acids is 3. The summed E-state index contributed by atoms with van der Waals surface area (Å²) in [7, 11) is 0. The van der Waals surface area contributed by atoms with Gasteiger partial charge in [0.2, 0.25) is 0 Å². The standard InChI is InChI=1S/C55H94O6/c1-4-7-10-13-16-19-22-25-27-29-30-33-36-39-42-45-48-54(57)60-51-52(50-59-53(56)47-44-41-38-35-32-24-21-18-15-12-9-6-3)61-55(58)49-46-43-40-37-34-31-28-26-23-20-17-14-11-8-5-2/h8,11,14,17-18,20-21,23,26,28,31,34,52H,4-7,9-10,12-13,15-16,19,22,24-25,27,29-30,32-33,35-51H2,1-3H3/b11-8-,17-14-,21-18-,23-20-,28-26-,34-31-. The minimum atomic E-state index is -0.798. The van der Waals surface area contributed by atoms with Crippen LogP contribution < -0.4 is 0 Å². The SMILES string of the molecule is CC\C=C/C=C\C=C/C=C\C=C/CCCCCC(=O)OC(COC(=O)CCCCCCC/C=C\CCCCC)COC(=O)CCCCCCCCCCCCCCCCCC. The molecule has 350 valence electrons. The highest BCUT2D eigenvalue weighted by Gasteiger charge is 2.19. The molecule has 0 heterocycles. The van der Waals surface area contributed by atoms with Crippen LogP contribution in [0, 0.1) is 0 Å². The molecule has 0 saturated carbocycles. The second-order valence-electron chi connectivity index (χ2n) is 16.8. The average molecular weight is 851 g/mol. The van der Waals surface area contributed by atoms with Gasteiger partial charge >= 0.3 is 17.9 Å². The van der Waals surface area contributed by atoms with Gasteiger partial charge in [0.1, 0.15) is 13.2 Å². The molecule has 0 spiro atoms. The van der Waals surface area contributed by atoms with E-state index in [0.717, 1.165) is 70.6 Å². The van der Waals surface area contributed by atoms with Crippen molar-refractivity contribution in [2.75, 3.05) is 13.2 Å². The van der Waals surface area contributed by atoms with E-state index in [1.54, 1.807) is 0 Å². The first-order valence-corrected chi connectivity index (χ1v) is 25.5. The molecule has 0 N–H and O–H groups in total. The molecule has 0 aromatic rings. The van der Waals surface area contributed by atoms with Crippen molar-refractivity contribution in [3.05, 3.63) is 72.9 Å². The van der Waals surface area contributed by atoms with Crippen molar-refractivity contribution in [3.8, 4) is 0 Å². The Labute approximate surface area is 376 Å². The topological polar surface area (TPSA) is 78.9 Å². The van der Waals surface area contributed by atoms with Crippen LogP contribution in [-0.2, 0) is 28.6 Å². The zero-order valence-electron chi connectivity index (χ0n) is 39.9. The zero-order valence-corrected chi connectivity index (χ0v) is 39.9. The summed E-state index contributed by atoms with van der Waals surface area (Å²) in [5.41, 5.74) is 0. The number of ether oxygens (including phenoxy) is 3. The molecule has 6 nitrogen and oxygen atoms in total. The van der Waals surface area contributed by atoms with Gasteiger partial charge in [-0.15, -0.1) is 0 Å². The molecule has 0 fully saturated rings. The fourth-order valence-corrected chi connectivity index (χ4v) is 6.99. The lowest BCUT2D eigenvalue weighted by Gasteiger charge is -2.18. The van der Waals surface area contributed by atoms with Crippen LogP contribution in [0.5, 0.6) is 0 Å². The van der Waals surface area contributed by atoms with Crippen molar-refractivity contribution in [1.29, 1.82) is 0 Å². The van der Waals surface area contributed by atoms with Gasteiger partial charge in [0.25, 0.3) is 0 Å². The van der Waals surface area contributed by atoms with E-state index in [0.29, 0.717) is 19.3 Å². The molecule has 1 atom stereocenters. The molecule has 0 saturated heterocycles. The van der Waals surface area contributed by atoms with Crippen LogP contribution in [-0.4, -0.2) is 37.2 Å². The number of hydrogen-bond donors (Lipinski definition) is 0. The van der Waals surface area contributed by atoms with Gasteiger partial charge in [0, 0.05) is 19.3 Å². The van der Waals surface area contributed by atoms with Crippen molar-refractivity contribution in [1.82, 2.24) is 0 Å². The molecule has 0 aliphatic carbocycles. The van der Waals surface area contributed by atoms with Crippen LogP contribution in [0.3, 0.4) is 0 Å². The van der Waals surface area contributed by atoms with Gasteiger partial charge in [-0.2, -0.15) is 0 Å². The fraction of sp³-hybridized carbons (Fsp3) is 0.727. The minimum Gasteiger partial charge on any atom is -0.462 e. The van der Waals surface area contributed by atoms with Crippen LogP contribution in [0.25, 0.3) is 0 Å². The smallest absolute Gasteiger partial charge is 0.306 e. The molecule has 0 aliphatic heterocycles. The summed E-state index contributed by atoms with van der Waals surface area (Å²) in [5.74, 6) is -0.943. The maximum absolute atomic E-state index is 12.8. The van der Waals surface area contributed by atoms with E-state index in [-0.39, 0.29) is 37.5 Å². The Bertz CT molecular complexity index is 1160. The van der Waals surface area contributed by atoms with Gasteiger partial charge in [-0.05, 0) is 64.2 Å². The normalized spacial score (nSPS) is 12.6. The quantitative estimate of drug-likeness (QED) is 0.0200. The van der Waals surface area contributed by atoms with Crippen molar-refractivity contribution in [2.45, 2.75) is 245 Å². The van der Waals surface area contributed by atoms with E-state index in [4.69, 9.17) is 14.2 Å². The first-order chi connectivity index (χ1) is 30.0. The van der Waals surface area contributed by atoms with Crippen LogP contribution in [0.4, 0.5) is 0 Å². The molecule has 0 radical (unpaired) electrons. The van der Waals surface area contributed by atoms with Crippen LogP contribution >= 0.6 is 0 Å². The van der Waals surface area contributed by atoms with Crippen LogP contribution in [0.1, 0.15) is 239 Å². The summed E-state index contributed by atoms with van der Waals surface area (Å²) in [6.07, 6.45) is 61.7. The highest BCUT2D eigenvalue weighted by Crippen LogP contribution is 2.15. The largest absolute Gasteiger partial charge is 0.462 e. The number of unbranched alkanes of at least 4 members (excludes halogenated alkanes) is 26. The molecule has 6 heteroatoms. The predicted octanol–water partition coefficient (Wildman–Crippen LogP) is 16.6. The molecule has 0 bridgehead atoms. The van der Waals surface area contributed by atoms with E-state index in [1.165, 1.54) is 122 Å². The third kappa shape index (κ3) is 47.7. The lowest BCUT2D eigenvalue weighted by Crippen LogP contribution is -2.30. The zero-order chi connectivity index (χ0) is 44.4. The van der Waals surface area contributed by atoms with E-state index < -0.39 is 6.10 Å². The highest BCUT2D eigenvalue weighted by atomic mass is 16.6. The summed E-state index contributed by atoms with van der Waals surface area (Å²) >= 11 is 0. The second kappa shape index (κ2) is 49.5. The monoisotopic (exact) mass is 851 g/mol. The average Bonchev–Trinajstić information content (AvgIpc) is 3.26. The molecule has 0 rings (SSSR count). The lowest BCUT2D eigenvalue weighted by molar-refractivity contribution is -0.167.